The molecule has 23 heavy (non-hydrogen) atoms. The number of carbonyl (C=O) groups excluding carboxylic acids is 1. The highest BCUT2D eigenvalue weighted by Gasteiger charge is 2.15. The highest BCUT2D eigenvalue weighted by Crippen LogP contribution is 2.32. The van der Waals surface area contributed by atoms with E-state index < -0.39 is 0 Å². The zero-order chi connectivity index (χ0) is 16.2. The van der Waals surface area contributed by atoms with Gasteiger partial charge in [0, 0.05) is 23.5 Å². The molecular weight excluding hydrogens is 334 g/mol. The van der Waals surface area contributed by atoms with Gasteiger partial charge >= 0.3 is 0 Å². The lowest BCUT2D eigenvalue weighted by Crippen LogP contribution is -2.27. The van der Waals surface area contributed by atoms with Crippen molar-refractivity contribution < 1.29 is 14.3 Å². The van der Waals surface area contributed by atoms with E-state index >= 15 is 0 Å². The molecule has 0 saturated carbocycles. The molecule has 1 aliphatic rings. The number of hydrogen-bond acceptors (Lipinski definition) is 4. The summed E-state index contributed by atoms with van der Waals surface area (Å²) in [4.78, 5) is 15.0. The van der Waals surface area contributed by atoms with E-state index in [2.05, 4.69) is 0 Å². The van der Waals surface area contributed by atoms with E-state index in [-0.39, 0.29) is 12.7 Å². The van der Waals surface area contributed by atoms with Crippen LogP contribution in [-0.2, 0) is 11.3 Å². The van der Waals surface area contributed by atoms with Crippen LogP contribution in [0.5, 0.6) is 11.5 Å². The summed E-state index contributed by atoms with van der Waals surface area (Å²) < 4.78 is 10.6. The summed E-state index contributed by atoms with van der Waals surface area (Å²) in [5.74, 6) is 1.95. The van der Waals surface area contributed by atoms with Gasteiger partial charge in [0.15, 0.2) is 11.5 Å². The summed E-state index contributed by atoms with van der Waals surface area (Å²) in [5.41, 5.74) is 1.02. The van der Waals surface area contributed by atoms with Crippen molar-refractivity contribution in [2.75, 3.05) is 19.6 Å². The maximum Gasteiger partial charge on any atom is 0.232 e. The third kappa shape index (κ3) is 4.12. The Labute approximate surface area is 144 Å². The minimum atomic E-state index is 0.0719. The fraction of sp³-hybridized carbons (Fsp3) is 0.235. The second kappa shape index (κ2) is 7.15. The van der Waals surface area contributed by atoms with Crippen LogP contribution in [0, 0.1) is 0 Å². The molecule has 1 amide bonds. The van der Waals surface area contributed by atoms with Gasteiger partial charge in [-0.15, -0.1) is 11.8 Å². The Balaban J connectivity index is 1.54. The van der Waals surface area contributed by atoms with Crippen molar-refractivity contribution >= 4 is 29.3 Å². The fourth-order valence-electron chi connectivity index (χ4n) is 2.19. The molecule has 0 unspecified atom stereocenters. The number of fused-ring (bicyclic) bond motifs is 1. The first kappa shape index (κ1) is 16.0. The number of hydrogen-bond donors (Lipinski definition) is 0. The van der Waals surface area contributed by atoms with Crippen LogP contribution < -0.4 is 9.47 Å². The second-order valence-electron chi connectivity index (χ2n) is 5.18. The van der Waals surface area contributed by atoms with Crippen molar-refractivity contribution in [3.8, 4) is 11.5 Å². The first-order chi connectivity index (χ1) is 11.1. The number of halogens is 1. The SMILES string of the molecule is CN(Cc1ccc2c(c1)OCO2)C(=O)CSc1ccc(Cl)cc1. The number of amides is 1. The van der Waals surface area contributed by atoms with E-state index in [0.29, 0.717) is 17.3 Å². The smallest absolute Gasteiger partial charge is 0.232 e. The molecule has 0 bridgehead atoms. The van der Waals surface area contributed by atoms with Gasteiger partial charge < -0.3 is 14.4 Å². The molecule has 0 spiro atoms. The minimum Gasteiger partial charge on any atom is -0.454 e. The zero-order valence-electron chi connectivity index (χ0n) is 12.6. The van der Waals surface area contributed by atoms with E-state index in [9.17, 15) is 4.79 Å². The fourth-order valence-corrected chi connectivity index (χ4v) is 3.15. The Morgan fingerprint density at radius 1 is 1.17 bits per heavy atom. The molecule has 0 saturated heterocycles. The number of benzene rings is 2. The third-order valence-corrected chi connectivity index (χ3v) is 4.71. The van der Waals surface area contributed by atoms with Gasteiger partial charge in [-0.25, -0.2) is 0 Å². The predicted octanol–water partition coefficient (Wildman–Crippen LogP) is 3.82. The molecule has 3 rings (SSSR count). The van der Waals surface area contributed by atoms with Gasteiger partial charge in [-0.1, -0.05) is 17.7 Å². The first-order valence-electron chi connectivity index (χ1n) is 7.13. The highest BCUT2D eigenvalue weighted by molar-refractivity contribution is 8.00. The molecule has 120 valence electrons. The normalized spacial score (nSPS) is 12.3. The Morgan fingerprint density at radius 2 is 1.91 bits per heavy atom. The van der Waals surface area contributed by atoms with Crippen LogP contribution in [0.2, 0.25) is 5.02 Å². The van der Waals surface area contributed by atoms with E-state index in [4.69, 9.17) is 21.1 Å². The number of thioether (sulfide) groups is 1. The topological polar surface area (TPSA) is 38.8 Å². The van der Waals surface area contributed by atoms with Crippen molar-refractivity contribution in [3.05, 3.63) is 53.1 Å². The van der Waals surface area contributed by atoms with Crippen LogP contribution in [0.3, 0.4) is 0 Å². The van der Waals surface area contributed by atoms with Gasteiger partial charge in [0.1, 0.15) is 0 Å². The van der Waals surface area contributed by atoms with Crippen molar-refractivity contribution in [1.29, 1.82) is 0 Å². The molecule has 2 aromatic carbocycles. The molecule has 1 heterocycles. The standard InChI is InChI=1S/C17H16ClNO3S/c1-19(9-12-2-7-15-16(8-12)22-11-21-15)17(20)10-23-14-5-3-13(18)4-6-14/h2-8H,9-11H2,1H3. The van der Waals surface area contributed by atoms with E-state index in [1.165, 1.54) is 11.8 Å². The average molecular weight is 350 g/mol. The Kier molecular flexibility index (Phi) is 4.98. The van der Waals surface area contributed by atoms with Gasteiger partial charge in [0.25, 0.3) is 0 Å². The van der Waals surface area contributed by atoms with Crippen molar-refractivity contribution in [3.63, 3.8) is 0 Å². The van der Waals surface area contributed by atoms with E-state index in [0.717, 1.165) is 22.0 Å². The van der Waals surface area contributed by atoms with Crippen LogP contribution in [0.1, 0.15) is 5.56 Å². The summed E-state index contributed by atoms with van der Waals surface area (Å²) in [5, 5.41) is 0.695. The maximum atomic E-state index is 12.2. The van der Waals surface area contributed by atoms with Gasteiger partial charge in [0.05, 0.1) is 5.75 Å². The van der Waals surface area contributed by atoms with E-state index in [1.807, 2.05) is 42.5 Å². The van der Waals surface area contributed by atoms with E-state index in [1.54, 1.807) is 11.9 Å². The molecule has 0 fully saturated rings. The summed E-state index contributed by atoms with van der Waals surface area (Å²) in [7, 11) is 1.80. The second-order valence-corrected chi connectivity index (χ2v) is 6.67. The summed E-state index contributed by atoms with van der Waals surface area (Å²) in [6.07, 6.45) is 0. The van der Waals surface area contributed by atoms with Crippen LogP contribution in [-0.4, -0.2) is 30.4 Å². The van der Waals surface area contributed by atoms with Crippen LogP contribution in [0.15, 0.2) is 47.4 Å². The number of ether oxygens (including phenoxy) is 2. The molecule has 0 radical (unpaired) electrons. The number of carbonyl (C=O) groups is 1. The number of rotatable bonds is 5. The molecule has 2 aromatic rings. The molecule has 0 N–H and O–H groups in total. The maximum absolute atomic E-state index is 12.2. The molecule has 4 nitrogen and oxygen atoms in total. The van der Waals surface area contributed by atoms with Gasteiger partial charge in [-0.3, -0.25) is 4.79 Å². The first-order valence-corrected chi connectivity index (χ1v) is 8.49. The van der Waals surface area contributed by atoms with Gasteiger partial charge in [-0.2, -0.15) is 0 Å². The van der Waals surface area contributed by atoms with Crippen molar-refractivity contribution in [2.24, 2.45) is 0 Å². The zero-order valence-corrected chi connectivity index (χ0v) is 14.2. The lowest BCUT2D eigenvalue weighted by molar-refractivity contribution is -0.127. The van der Waals surface area contributed by atoms with Crippen LogP contribution in [0.25, 0.3) is 0 Å². The predicted molar refractivity (Wildman–Crippen MR) is 91.2 cm³/mol. The molecule has 0 atom stereocenters. The number of nitrogens with zero attached hydrogens (tertiary/aromatic N) is 1. The van der Waals surface area contributed by atoms with Crippen LogP contribution >= 0.6 is 23.4 Å². The Hall–Kier alpha value is -1.85. The van der Waals surface area contributed by atoms with Gasteiger partial charge in [0.2, 0.25) is 12.7 Å². The largest absolute Gasteiger partial charge is 0.454 e. The summed E-state index contributed by atoms with van der Waals surface area (Å²) in [6, 6.07) is 13.2. The summed E-state index contributed by atoms with van der Waals surface area (Å²) >= 11 is 7.35. The van der Waals surface area contributed by atoms with Crippen LogP contribution in [0.4, 0.5) is 0 Å². The van der Waals surface area contributed by atoms with Gasteiger partial charge in [-0.05, 0) is 42.0 Å². The lowest BCUT2D eigenvalue weighted by atomic mass is 10.2. The highest BCUT2D eigenvalue weighted by atomic mass is 35.5. The van der Waals surface area contributed by atoms with Crippen molar-refractivity contribution in [2.45, 2.75) is 11.4 Å². The lowest BCUT2D eigenvalue weighted by Gasteiger charge is -2.17. The van der Waals surface area contributed by atoms with Crippen molar-refractivity contribution in [1.82, 2.24) is 4.90 Å². The Morgan fingerprint density at radius 3 is 2.70 bits per heavy atom. The monoisotopic (exact) mass is 349 g/mol. The molecule has 0 aliphatic carbocycles. The quantitative estimate of drug-likeness (QED) is 0.769. The molecular formula is C17H16ClNO3S. The summed E-state index contributed by atoms with van der Waals surface area (Å²) in [6.45, 7) is 0.794. The minimum absolute atomic E-state index is 0.0719. The molecule has 0 aromatic heterocycles. The third-order valence-electron chi connectivity index (χ3n) is 3.46. The average Bonchev–Trinajstić information content (AvgIpc) is 3.01. The molecule has 1 aliphatic heterocycles. The molecule has 6 heteroatoms. The Bertz CT molecular complexity index is 705.